The summed E-state index contributed by atoms with van der Waals surface area (Å²) in [5, 5.41) is 49.7. The first-order chi connectivity index (χ1) is 12.9. The molecule has 27 heavy (non-hydrogen) atoms. The summed E-state index contributed by atoms with van der Waals surface area (Å²) in [6.45, 7) is 1.12. The molecule has 0 fully saturated rings. The lowest BCUT2D eigenvalue weighted by molar-refractivity contribution is -0.189. The van der Waals surface area contributed by atoms with Crippen LogP contribution in [0.15, 0.2) is 60.7 Å². The van der Waals surface area contributed by atoms with Crippen molar-refractivity contribution < 1.29 is 30.3 Å². The number of aliphatic hydroxyl groups is 5. The minimum absolute atomic E-state index is 0.201. The Labute approximate surface area is 159 Å². The Kier molecular flexibility index (Phi) is 7.91. The molecule has 2 aromatic carbocycles. The lowest BCUT2D eigenvalue weighted by Crippen LogP contribution is -2.56. The van der Waals surface area contributed by atoms with E-state index in [-0.39, 0.29) is 13.0 Å². The van der Waals surface area contributed by atoms with Crippen molar-refractivity contribution in [3.8, 4) is 0 Å². The van der Waals surface area contributed by atoms with Crippen molar-refractivity contribution in [2.24, 2.45) is 0 Å². The molecule has 0 radical (unpaired) electrons. The number of rotatable bonds is 10. The Balaban J connectivity index is 2.21. The average Bonchev–Trinajstić information content (AvgIpc) is 2.71. The van der Waals surface area contributed by atoms with E-state index in [1.807, 2.05) is 60.7 Å². The molecule has 5 N–H and O–H groups in total. The van der Waals surface area contributed by atoms with Gasteiger partial charge in [-0.3, -0.25) is 0 Å². The van der Waals surface area contributed by atoms with Gasteiger partial charge in [0.25, 0.3) is 0 Å². The van der Waals surface area contributed by atoms with Crippen LogP contribution in [0.3, 0.4) is 0 Å². The van der Waals surface area contributed by atoms with Crippen molar-refractivity contribution in [1.82, 2.24) is 0 Å². The van der Waals surface area contributed by atoms with Gasteiger partial charge in [0.1, 0.15) is 24.4 Å². The van der Waals surface area contributed by atoms with Crippen LogP contribution in [0.2, 0.25) is 0 Å². The highest BCUT2D eigenvalue weighted by Crippen LogP contribution is 2.27. The third-order valence-corrected chi connectivity index (χ3v) is 4.69. The van der Waals surface area contributed by atoms with E-state index in [1.54, 1.807) is 6.92 Å². The Bertz CT molecular complexity index is 665. The molecule has 148 valence electrons. The predicted octanol–water partition coefficient (Wildman–Crippen LogP) is 0.640. The second kappa shape index (κ2) is 9.94. The average molecular weight is 376 g/mol. The predicted molar refractivity (Wildman–Crippen MR) is 101 cm³/mol. The summed E-state index contributed by atoms with van der Waals surface area (Å²) in [7, 11) is 0. The molecule has 0 amide bonds. The highest BCUT2D eigenvalue weighted by atomic mass is 16.5. The van der Waals surface area contributed by atoms with Gasteiger partial charge < -0.3 is 30.3 Å². The van der Waals surface area contributed by atoms with Gasteiger partial charge in [0.2, 0.25) is 0 Å². The van der Waals surface area contributed by atoms with Crippen molar-refractivity contribution in [2.75, 3.05) is 6.61 Å². The molecule has 0 aliphatic heterocycles. The van der Waals surface area contributed by atoms with E-state index >= 15 is 0 Å². The van der Waals surface area contributed by atoms with E-state index in [0.717, 1.165) is 11.1 Å². The molecule has 0 spiro atoms. The van der Waals surface area contributed by atoms with Crippen molar-refractivity contribution in [1.29, 1.82) is 0 Å². The van der Waals surface area contributed by atoms with Gasteiger partial charge in [-0.25, -0.2) is 0 Å². The molecule has 0 bridgehead atoms. The summed E-state index contributed by atoms with van der Waals surface area (Å²) >= 11 is 0. The zero-order valence-corrected chi connectivity index (χ0v) is 15.3. The summed E-state index contributed by atoms with van der Waals surface area (Å²) < 4.78 is 6.00. The number of hydrogen-bond acceptors (Lipinski definition) is 6. The standard InChI is InChI=1S/C21H28O6/c1-21(12-15-8-4-2-5-9-15,27-14-16-10-6-3-7-11-16)20(26)19(25)18(24)17(23)13-22/h2-11,17-20,22-26H,12-14H2,1H3. The summed E-state index contributed by atoms with van der Waals surface area (Å²) in [6.07, 6.45) is -6.19. The summed E-state index contributed by atoms with van der Waals surface area (Å²) in [6, 6.07) is 18.8. The molecule has 0 saturated heterocycles. The van der Waals surface area contributed by atoms with Gasteiger partial charge in [-0.2, -0.15) is 0 Å². The van der Waals surface area contributed by atoms with Crippen molar-refractivity contribution in [3.63, 3.8) is 0 Å². The van der Waals surface area contributed by atoms with Crippen LogP contribution in [-0.4, -0.2) is 62.2 Å². The molecule has 2 aromatic rings. The normalized spacial score (nSPS) is 18.3. The van der Waals surface area contributed by atoms with Gasteiger partial charge >= 0.3 is 0 Å². The maximum absolute atomic E-state index is 10.8. The van der Waals surface area contributed by atoms with Gasteiger partial charge in [-0.05, 0) is 18.1 Å². The molecular weight excluding hydrogens is 348 g/mol. The second-order valence-electron chi connectivity index (χ2n) is 6.93. The van der Waals surface area contributed by atoms with Gasteiger partial charge in [0.15, 0.2) is 0 Å². The zero-order valence-electron chi connectivity index (χ0n) is 15.3. The van der Waals surface area contributed by atoms with Crippen LogP contribution in [0.1, 0.15) is 18.1 Å². The molecule has 0 aliphatic rings. The molecule has 6 nitrogen and oxygen atoms in total. The number of hydrogen-bond donors (Lipinski definition) is 5. The van der Waals surface area contributed by atoms with Gasteiger partial charge in [-0.1, -0.05) is 60.7 Å². The zero-order chi connectivity index (χ0) is 19.9. The maximum Gasteiger partial charge on any atom is 0.111 e. The first-order valence-corrected chi connectivity index (χ1v) is 8.92. The lowest BCUT2D eigenvalue weighted by Gasteiger charge is -2.39. The van der Waals surface area contributed by atoms with Gasteiger partial charge in [0.05, 0.1) is 18.8 Å². The molecule has 5 unspecified atom stereocenters. The maximum atomic E-state index is 10.8. The number of aliphatic hydroxyl groups excluding tert-OH is 5. The summed E-state index contributed by atoms with van der Waals surface area (Å²) in [4.78, 5) is 0. The third kappa shape index (κ3) is 5.84. The summed E-state index contributed by atoms with van der Waals surface area (Å²) in [5.74, 6) is 0. The fourth-order valence-electron chi connectivity index (χ4n) is 2.95. The number of benzene rings is 2. The third-order valence-electron chi connectivity index (χ3n) is 4.69. The highest BCUT2D eigenvalue weighted by Gasteiger charge is 2.43. The second-order valence-corrected chi connectivity index (χ2v) is 6.93. The van der Waals surface area contributed by atoms with Crippen LogP contribution in [0, 0.1) is 0 Å². The molecule has 0 aromatic heterocycles. The molecular formula is C21H28O6. The van der Waals surface area contributed by atoms with E-state index in [9.17, 15) is 20.4 Å². The quantitative estimate of drug-likeness (QED) is 0.416. The smallest absolute Gasteiger partial charge is 0.111 e. The van der Waals surface area contributed by atoms with Crippen LogP contribution in [0.5, 0.6) is 0 Å². The van der Waals surface area contributed by atoms with Crippen LogP contribution >= 0.6 is 0 Å². The van der Waals surface area contributed by atoms with E-state index in [2.05, 4.69) is 0 Å². The fraction of sp³-hybridized carbons (Fsp3) is 0.429. The lowest BCUT2D eigenvalue weighted by atomic mass is 9.85. The highest BCUT2D eigenvalue weighted by molar-refractivity contribution is 5.19. The van der Waals surface area contributed by atoms with Gasteiger partial charge in [-0.15, -0.1) is 0 Å². The summed E-state index contributed by atoms with van der Waals surface area (Å²) in [5.41, 5.74) is 0.540. The SMILES string of the molecule is CC(Cc1ccccc1)(OCc1ccccc1)C(O)C(O)C(O)C(O)CO. The number of ether oxygens (including phenoxy) is 1. The first kappa shape index (κ1) is 21.5. The van der Waals surface area contributed by atoms with Crippen LogP contribution < -0.4 is 0 Å². The van der Waals surface area contributed by atoms with Crippen molar-refractivity contribution in [2.45, 2.75) is 50.0 Å². The van der Waals surface area contributed by atoms with Crippen molar-refractivity contribution in [3.05, 3.63) is 71.8 Å². The molecule has 6 heteroatoms. The first-order valence-electron chi connectivity index (χ1n) is 8.92. The Morgan fingerprint density at radius 3 is 1.85 bits per heavy atom. The minimum Gasteiger partial charge on any atom is -0.394 e. The van der Waals surface area contributed by atoms with E-state index in [0.29, 0.717) is 0 Å². The fourth-order valence-corrected chi connectivity index (χ4v) is 2.95. The molecule has 5 atom stereocenters. The topological polar surface area (TPSA) is 110 Å². The van der Waals surface area contributed by atoms with E-state index < -0.39 is 36.6 Å². The van der Waals surface area contributed by atoms with Crippen LogP contribution in [-0.2, 0) is 17.8 Å². The Morgan fingerprint density at radius 1 is 0.815 bits per heavy atom. The molecule has 2 rings (SSSR count). The Hall–Kier alpha value is -1.80. The molecule has 0 saturated carbocycles. The van der Waals surface area contributed by atoms with Crippen LogP contribution in [0.4, 0.5) is 0 Å². The monoisotopic (exact) mass is 376 g/mol. The van der Waals surface area contributed by atoms with Gasteiger partial charge in [0, 0.05) is 6.42 Å². The molecule has 0 aliphatic carbocycles. The van der Waals surface area contributed by atoms with Crippen molar-refractivity contribution >= 4 is 0 Å². The van der Waals surface area contributed by atoms with E-state index in [4.69, 9.17) is 9.84 Å². The minimum atomic E-state index is -1.71. The van der Waals surface area contributed by atoms with E-state index in [1.165, 1.54) is 0 Å². The largest absolute Gasteiger partial charge is 0.394 e. The van der Waals surface area contributed by atoms with Crippen LogP contribution in [0.25, 0.3) is 0 Å². The molecule has 0 heterocycles. The Morgan fingerprint density at radius 2 is 1.33 bits per heavy atom.